The highest BCUT2D eigenvalue weighted by atomic mass is 32.1. The van der Waals surface area contributed by atoms with Crippen molar-refractivity contribution in [1.82, 2.24) is 20.3 Å². The highest BCUT2D eigenvalue weighted by Gasteiger charge is 2.24. The Morgan fingerprint density at radius 3 is 2.20 bits per heavy atom. The van der Waals surface area contributed by atoms with Gasteiger partial charge in [-0.25, -0.2) is 0 Å². The number of carboxylic acids is 1. The van der Waals surface area contributed by atoms with E-state index < -0.39 is 48.7 Å². The molecule has 0 fully saturated rings. The first-order valence-corrected chi connectivity index (χ1v) is 15.6. The van der Waals surface area contributed by atoms with Crippen LogP contribution in [0.25, 0.3) is 21.6 Å². The second kappa shape index (κ2) is 18.1. The summed E-state index contributed by atoms with van der Waals surface area (Å²) in [5.41, 5.74) is 13.4. The van der Waals surface area contributed by atoms with Gasteiger partial charge in [0.15, 0.2) is 17.5 Å². The van der Waals surface area contributed by atoms with E-state index in [0.717, 1.165) is 16.0 Å². The van der Waals surface area contributed by atoms with Crippen LogP contribution in [0.1, 0.15) is 19.3 Å². The summed E-state index contributed by atoms with van der Waals surface area (Å²) in [6, 6.07) is 6.38. The Morgan fingerprint density at radius 1 is 0.939 bits per heavy atom. The number of anilines is 1. The van der Waals surface area contributed by atoms with E-state index in [4.69, 9.17) is 40.9 Å². The van der Waals surface area contributed by atoms with Crippen LogP contribution in [0.4, 0.5) is 5.69 Å². The zero-order valence-corrected chi connectivity index (χ0v) is 28.2. The first-order chi connectivity index (χ1) is 23.4. The van der Waals surface area contributed by atoms with Crippen molar-refractivity contribution < 1.29 is 43.2 Å². The molecule has 1 aromatic heterocycles. The first kappa shape index (κ1) is 37.8. The maximum Gasteiger partial charge on any atom is 0.305 e. The summed E-state index contributed by atoms with van der Waals surface area (Å²) in [6.45, 7) is -0.293. The van der Waals surface area contributed by atoms with Crippen LogP contribution in [-0.4, -0.2) is 92.7 Å². The smallest absolute Gasteiger partial charge is 0.305 e. The number of hydrogen-bond donors (Lipinski definition) is 8. The monoisotopic (exact) mass is 700 g/mol. The molecule has 0 radical (unpaired) electrons. The van der Waals surface area contributed by atoms with Crippen molar-refractivity contribution in [2.75, 3.05) is 46.8 Å². The van der Waals surface area contributed by atoms with E-state index in [1.54, 1.807) is 30.5 Å². The number of methoxy groups -OCH3 is 4. The number of carbonyl (C=O) groups is 4. The number of carbonyl (C=O) groups excluding carboxylic acids is 3. The van der Waals surface area contributed by atoms with Gasteiger partial charge in [0.25, 0.3) is 0 Å². The molecule has 3 amide bonds. The molecule has 264 valence electrons. The van der Waals surface area contributed by atoms with Crippen LogP contribution in [-0.2, 0) is 19.2 Å². The van der Waals surface area contributed by atoms with Crippen LogP contribution in [0, 0.1) is 5.41 Å². The van der Waals surface area contributed by atoms with E-state index in [-0.39, 0.29) is 18.9 Å². The lowest BCUT2D eigenvalue weighted by molar-refractivity contribution is -0.139. The molecular weight excluding hydrogens is 660 g/mol. The molecule has 1 heterocycles. The Hall–Kier alpha value is -5.62. The van der Waals surface area contributed by atoms with Gasteiger partial charge in [-0.2, -0.15) is 4.37 Å². The normalized spacial score (nSPS) is 11.8. The van der Waals surface area contributed by atoms with Crippen LogP contribution in [0.2, 0.25) is 0 Å². The Bertz CT molecular complexity index is 1640. The third kappa shape index (κ3) is 10.4. The fourth-order valence-electron chi connectivity index (χ4n) is 4.68. The van der Waals surface area contributed by atoms with Crippen LogP contribution < -0.4 is 51.7 Å². The number of rotatable bonds is 18. The number of benzene rings is 2. The van der Waals surface area contributed by atoms with Gasteiger partial charge in [-0.1, -0.05) is 6.07 Å². The Kier molecular flexibility index (Phi) is 13.9. The Balaban J connectivity index is 1.87. The number of carboxylic acid groups (broad SMARTS) is 1. The number of ether oxygens (including phenoxy) is 4. The summed E-state index contributed by atoms with van der Waals surface area (Å²) in [4.78, 5) is 50.1. The molecular formula is C31H40N8O9S. The second-order valence-corrected chi connectivity index (χ2v) is 11.2. The summed E-state index contributed by atoms with van der Waals surface area (Å²) in [5, 5.41) is 26.5. The average Bonchev–Trinajstić information content (AvgIpc) is 3.57. The molecule has 0 aliphatic rings. The summed E-state index contributed by atoms with van der Waals surface area (Å²) in [6.07, 6.45) is 1.54. The van der Waals surface area contributed by atoms with E-state index in [2.05, 4.69) is 25.6 Å². The van der Waals surface area contributed by atoms with Gasteiger partial charge in [0.1, 0.15) is 11.8 Å². The third-order valence-corrected chi connectivity index (χ3v) is 7.91. The number of nitrogens with zero attached hydrogens (tertiary/aromatic N) is 1. The summed E-state index contributed by atoms with van der Waals surface area (Å²) < 4.78 is 26.4. The molecule has 17 nitrogen and oxygen atoms in total. The molecule has 3 aromatic rings. The lowest BCUT2D eigenvalue weighted by Crippen LogP contribution is -2.50. The summed E-state index contributed by atoms with van der Waals surface area (Å²) in [7, 11) is 6.01. The maximum absolute atomic E-state index is 13.6. The molecule has 0 aliphatic carbocycles. The number of aromatic nitrogens is 1. The molecule has 0 saturated carbocycles. The van der Waals surface area contributed by atoms with Crippen molar-refractivity contribution >= 4 is 46.9 Å². The minimum Gasteiger partial charge on any atom is -0.495 e. The molecule has 0 saturated heterocycles. The number of amides is 3. The lowest BCUT2D eigenvalue weighted by atomic mass is 10.0. The molecule has 3 rings (SSSR count). The van der Waals surface area contributed by atoms with E-state index in [9.17, 15) is 19.2 Å². The number of nitrogens with one attached hydrogen (secondary N) is 5. The molecule has 10 N–H and O–H groups in total. The van der Waals surface area contributed by atoms with E-state index in [0.29, 0.717) is 40.7 Å². The van der Waals surface area contributed by atoms with Crippen molar-refractivity contribution in [2.45, 2.75) is 31.3 Å². The highest BCUT2D eigenvalue weighted by molar-refractivity contribution is 7.10. The average molecular weight is 701 g/mol. The number of nitrogens with two attached hydrogens (primary N) is 2. The molecule has 2 aromatic carbocycles. The molecule has 0 spiro atoms. The number of aliphatic carboxylic acids is 1. The predicted octanol–water partition coefficient (Wildman–Crippen LogP) is 1.12. The summed E-state index contributed by atoms with van der Waals surface area (Å²) in [5.74, 6) is -1.93. The lowest BCUT2D eigenvalue weighted by Gasteiger charge is -2.20. The summed E-state index contributed by atoms with van der Waals surface area (Å²) >= 11 is 1.25. The minimum atomic E-state index is -1.35. The van der Waals surface area contributed by atoms with Gasteiger partial charge in [0.2, 0.25) is 23.5 Å². The van der Waals surface area contributed by atoms with Crippen LogP contribution in [0.3, 0.4) is 0 Å². The van der Waals surface area contributed by atoms with Gasteiger partial charge in [-0.05, 0) is 54.2 Å². The minimum absolute atomic E-state index is 0.131. The largest absolute Gasteiger partial charge is 0.495 e. The van der Waals surface area contributed by atoms with Crippen LogP contribution in [0.5, 0.6) is 23.0 Å². The van der Waals surface area contributed by atoms with E-state index >= 15 is 0 Å². The van der Waals surface area contributed by atoms with Gasteiger partial charge >= 0.3 is 5.97 Å². The third-order valence-electron chi connectivity index (χ3n) is 7.06. The van der Waals surface area contributed by atoms with Gasteiger partial charge < -0.3 is 56.8 Å². The predicted molar refractivity (Wildman–Crippen MR) is 182 cm³/mol. The SMILES string of the molecule is COc1ccc(-c2cnsc2-c2cc(OC)c(OC)c(OC)c2)cc1NC(=O)[C@@H](CCCNC(=N)N)NC(=O)CNC(=O)[C@H](N)CC(=O)O. The van der Waals surface area contributed by atoms with E-state index in [1.165, 1.54) is 40.0 Å². The quantitative estimate of drug-likeness (QED) is 0.0526. The fourth-order valence-corrected chi connectivity index (χ4v) is 5.44. The second-order valence-electron chi connectivity index (χ2n) is 10.4. The molecule has 0 unspecified atom stereocenters. The maximum atomic E-state index is 13.6. The molecule has 18 heteroatoms. The molecule has 0 aliphatic heterocycles. The molecule has 49 heavy (non-hydrogen) atoms. The van der Waals surface area contributed by atoms with Crippen molar-refractivity contribution in [2.24, 2.45) is 11.5 Å². The molecule has 2 atom stereocenters. The number of guanidine groups is 1. The Labute approximate surface area is 286 Å². The fraction of sp³-hybridized carbons (Fsp3) is 0.355. The van der Waals surface area contributed by atoms with Crippen molar-refractivity contribution in [3.63, 3.8) is 0 Å². The highest BCUT2D eigenvalue weighted by Crippen LogP contribution is 2.45. The van der Waals surface area contributed by atoms with Gasteiger partial charge in [-0.15, -0.1) is 0 Å². The standard InChI is InChI=1S/C31H40N8O9S/c1-45-22-8-7-16(18-14-37-49-28(18)17-11-23(46-2)27(48-4)24(12-17)47-3)10-21(22)39-30(44)20(6-5-9-35-31(33)34)38-25(40)15-36-29(43)19(32)13-26(41)42/h7-8,10-12,14,19-20H,5-6,9,13,15,32H2,1-4H3,(H,36,43)(H,38,40)(H,39,44)(H,41,42)(H4,33,34,35)/t19-,20-/m1/s1. The van der Waals surface area contributed by atoms with Gasteiger partial charge in [0.05, 0.1) is 58.0 Å². The topological polar surface area (TPSA) is 262 Å². The van der Waals surface area contributed by atoms with Gasteiger partial charge in [-0.3, -0.25) is 24.6 Å². The molecule has 0 bridgehead atoms. The van der Waals surface area contributed by atoms with E-state index in [1.807, 2.05) is 6.07 Å². The zero-order chi connectivity index (χ0) is 36.1. The van der Waals surface area contributed by atoms with Gasteiger partial charge in [0, 0.05) is 23.9 Å². The van der Waals surface area contributed by atoms with Crippen molar-refractivity contribution in [1.29, 1.82) is 5.41 Å². The first-order valence-electron chi connectivity index (χ1n) is 14.8. The zero-order valence-electron chi connectivity index (χ0n) is 27.4. The van der Waals surface area contributed by atoms with Crippen molar-refractivity contribution in [3.8, 4) is 44.6 Å². The van der Waals surface area contributed by atoms with Crippen LogP contribution in [0.15, 0.2) is 36.5 Å². The van der Waals surface area contributed by atoms with Crippen LogP contribution >= 0.6 is 11.5 Å². The van der Waals surface area contributed by atoms with Crippen molar-refractivity contribution in [3.05, 3.63) is 36.5 Å². The Morgan fingerprint density at radius 2 is 1.61 bits per heavy atom. The number of hydrogen-bond acceptors (Lipinski definition) is 12.